The minimum absolute atomic E-state index is 0.0496. The molecular formula is C19H23Cl2N3O7. The lowest BCUT2D eigenvalue weighted by atomic mass is 9.94. The summed E-state index contributed by atoms with van der Waals surface area (Å²) in [6.07, 6.45) is -3.98. The molecule has 31 heavy (non-hydrogen) atoms. The van der Waals surface area contributed by atoms with E-state index in [-0.39, 0.29) is 12.5 Å². The molecule has 1 saturated heterocycles. The van der Waals surface area contributed by atoms with E-state index < -0.39 is 36.7 Å². The minimum atomic E-state index is -1.76. The lowest BCUT2D eigenvalue weighted by Gasteiger charge is -2.38. The third kappa shape index (κ3) is 5.92. The molecule has 1 aromatic heterocycles. The van der Waals surface area contributed by atoms with Gasteiger partial charge in [-0.1, -0.05) is 29.3 Å². The van der Waals surface area contributed by atoms with Crippen LogP contribution in [-0.2, 0) is 20.8 Å². The number of aromatic nitrogens is 3. The van der Waals surface area contributed by atoms with Gasteiger partial charge in [0.25, 0.3) is 0 Å². The molecule has 170 valence electrons. The van der Waals surface area contributed by atoms with Crippen molar-refractivity contribution in [2.75, 3.05) is 6.61 Å². The van der Waals surface area contributed by atoms with Gasteiger partial charge in [-0.3, -0.25) is 4.68 Å². The summed E-state index contributed by atoms with van der Waals surface area (Å²) in [5.41, 5.74) is 0.875. The van der Waals surface area contributed by atoms with E-state index >= 15 is 0 Å². The first-order chi connectivity index (χ1) is 14.8. The van der Waals surface area contributed by atoms with Crippen molar-refractivity contribution >= 4 is 29.2 Å². The highest BCUT2D eigenvalue weighted by atomic mass is 35.5. The summed E-state index contributed by atoms with van der Waals surface area (Å²) >= 11 is 12.4. The average molecular weight is 476 g/mol. The smallest absolute Gasteiger partial charge is 0.335 e. The maximum absolute atomic E-state index is 11.2. The topological polar surface area (TPSA) is 147 Å². The molecule has 6 atom stereocenters. The molecule has 0 amide bonds. The van der Waals surface area contributed by atoms with Gasteiger partial charge in [-0.15, -0.1) is 0 Å². The zero-order valence-electron chi connectivity index (χ0n) is 16.3. The molecule has 1 aliphatic rings. The average Bonchev–Trinajstić information content (AvgIpc) is 3.23. The Morgan fingerprint density at radius 3 is 2.65 bits per heavy atom. The zero-order chi connectivity index (χ0) is 22.5. The number of aliphatic hydroxyl groups is 3. The van der Waals surface area contributed by atoms with Gasteiger partial charge in [-0.05, 0) is 30.5 Å². The van der Waals surface area contributed by atoms with Crippen LogP contribution >= 0.6 is 23.2 Å². The number of ether oxygens (including phenoxy) is 2. The van der Waals surface area contributed by atoms with Crippen LogP contribution in [0.1, 0.15) is 24.3 Å². The molecule has 2 aromatic rings. The van der Waals surface area contributed by atoms with Crippen LogP contribution in [0.3, 0.4) is 0 Å². The Labute approximate surface area is 187 Å². The SMILES string of the molecule is O=C(O)[C@H]1O[C@@H](OCCCC(Cn2cncn2)c2ccc(Cl)cc2Cl)[C@H](O)[C@@H](O)[C@@H]1O. The van der Waals surface area contributed by atoms with E-state index in [1.165, 1.54) is 6.33 Å². The Morgan fingerprint density at radius 1 is 1.23 bits per heavy atom. The van der Waals surface area contributed by atoms with Crippen molar-refractivity contribution in [3.8, 4) is 0 Å². The van der Waals surface area contributed by atoms with Gasteiger partial charge in [-0.2, -0.15) is 5.10 Å². The molecule has 0 bridgehead atoms. The van der Waals surface area contributed by atoms with Crippen molar-refractivity contribution in [3.05, 3.63) is 46.5 Å². The summed E-state index contributed by atoms with van der Waals surface area (Å²) in [5, 5.41) is 43.9. The van der Waals surface area contributed by atoms with E-state index in [0.717, 1.165) is 5.56 Å². The third-order valence-electron chi connectivity index (χ3n) is 5.07. The molecule has 1 aliphatic heterocycles. The summed E-state index contributed by atoms with van der Waals surface area (Å²) in [4.78, 5) is 15.1. The minimum Gasteiger partial charge on any atom is -0.479 e. The fraction of sp³-hybridized carbons (Fsp3) is 0.526. The van der Waals surface area contributed by atoms with Crippen molar-refractivity contribution in [2.24, 2.45) is 0 Å². The Balaban J connectivity index is 1.60. The highest BCUT2D eigenvalue weighted by molar-refractivity contribution is 6.35. The van der Waals surface area contributed by atoms with Crippen molar-refractivity contribution in [1.82, 2.24) is 14.8 Å². The molecule has 12 heteroatoms. The predicted molar refractivity (Wildman–Crippen MR) is 109 cm³/mol. The molecular weight excluding hydrogens is 453 g/mol. The molecule has 1 unspecified atom stereocenters. The standard InChI is InChI=1S/C19H23Cl2N3O7/c20-11-3-4-12(13(21)6-11)10(7-24-9-22-8-23-24)2-1-5-30-19-16(27)14(25)15(26)17(31-19)18(28)29/h3-4,6,8-10,14-17,19,25-27H,1-2,5,7H2,(H,28,29)/t10?,14-,15-,16+,17-,19+/m0/s1. The molecule has 0 saturated carbocycles. The molecule has 3 rings (SSSR count). The normalized spacial score (nSPS) is 27.2. The van der Waals surface area contributed by atoms with Crippen LogP contribution in [0.5, 0.6) is 0 Å². The zero-order valence-corrected chi connectivity index (χ0v) is 17.8. The second-order valence-corrected chi connectivity index (χ2v) is 8.07. The van der Waals surface area contributed by atoms with Gasteiger partial charge in [0.15, 0.2) is 12.4 Å². The number of rotatable bonds is 9. The van der Waals surface area contributed by atoms with E-state index in [1.807, 2.05) is 6.07 Å². The van der Waals surface area contributed by atoms with Gasteiger partial charge in [0.1, 0.15) is 31.0 Å². The van der Waals surface area contributed by atoms with Crippen LogP contribution in [0.4, 0.5) is 0 Å². The van der Waals surface area contributed by atoms with Gasteiger partial charge in [-0.25, -0.2) is 9.78 Å². The quantitative estimate of drug-likeness (QED) is 0.390. The predicted octanol–water partition coefficient (Wildman–Crippen LogP) is 1.06. The largest absolute Gasteiger partial charge is 0.479 e. The van der Waals surface area contributed by atoms with Crippen LogP contribution in [0.15, 0.2) is 30.9 Å². The maximum Gasteiger partial charge on any atom is 0.335 e. The highest BCUT2D eigenvalue weighted by Crippen LogP contribution is 2.32. The second kappa shape index (κ2) is 10.7. The first kappa shape index (κ1) is 23.9. The Hall–Kier alpha value is -1.79. The monoisotopic (exact) mass is 475 g/mol. The van der Waals surface area contributed by atoms with Gasteiger partial charge in [0.05, 0.1) is 0 Å². The second-order valence-electron chi connectivity index (χ2n) is 7.23. The Kier molecular flexibility index (Phi) is 8.23. The van der Waals surface area contributed by atoms with Crippen molar-refractivity contribution < 1.29 is 34.7 Å². The first-order valence-corrected chi connectivity index (χ1v) is 10.3. The van der Waals surface area contributed by atoms with Gasteiger partial charge < -0.3 is 29.9 Å². The number of hydrogen-bond donors (Lipinski definition) is 4. The number of aliphatic carboxylic acids is 1. The van der Waals surface area contributed by atoms with Crippen molar-refractivity contribution in [2.45, 2.75) is 56.0 Å². The summed E-state index contributed by atoms with van der Waals surface area (Å²) in [5.74, 6) is -1.51. The third-order valence-corrected chi connectivity index (χ3v) is 5.63. The van der Waals surface area contributed by atoms with E-state index in [0.29, 0.717) is 29.4 Å². The van der Waals surface area contributed by atoms with Crippen LogP contribution in [0, 0.1) is 0 Å². The van der Waals surface area contributed by atoms with Crippen LogP contribution in [-0.4, -0.2) is 78.5 Å². The number of nitrogens with zero attached hydrogens (tertiary/aromatic N) is 3. The van der Waals surface area contributed by atoms with Gasteiger partial charge in [0.2, 0.25) is 0 Å². The summed E-state index contributed by atoms with van der Waals surface area (Å²) in [6.45, 7) is 0.617. The number of carbonyl (C=O) groups is 1. The number of carboxylic acids is 1. The van der Waals surface area contributed by atoms with E-state index in [4.69, 9.17) is 37.8 Å². The fourth-order valence-corrected chi connectivity index (χ4v) is 4.01. The molecule has 2 heterocycles. The molecule has 1 fully saturated rings. The summed E-state index contributed by atoms with van der Waals surface area (Å²) in [6, 6.07) is 5.25. The van der Waals surface area contributed by atoms with Crippen molar-refractivity contribution in [3.63, 3.8) is 0 Å². The first-order valence-electron chi connectivity index (χ1n) is 9.59. The maximum atomic E-state index is 11.2. The number of hydrogen-bond acceptors (Lipinski definition) is 8. The van der Waals surface area contributed by atoms with Crippen LogP contribution < -0.4 is 0 Å². The lowest BCUT2D eigenvalue weighted by Crippen LogP contribution is -2.60. The Bertz CT molecular complexity index is 870. The van der Waals surface area contributed by atoms with E-state index in [9.17, 15) is 20.1 Å². The number of halogens is 2. The van der Waals surface area contributed by atoms with Gasteiger partial charge >= 0.3 is 5.97 Å². The van der Waals surface area contributed by atoms with Crippen LogP contribution in [0.2, 0.25) is 10.0 Å². The number of carboxylic acid groups (broad SMARTS) is 1. The molecule has 4 N–H and O–H groups in total. The van der Waals surface area contributed by atoms with E-state index in [2.05, 4.69) is 10.1 Å². The summed E-state index contributed by atoms with van der Waals surface area (Å²) in [7, 11) is 0. The number of benzene rings is 1. The fourth-order valence-electron chi connectivity index (χ4n) is 3.45. The number of aliphatic hydroxyl groups excluding tert-OH is 3. The Morgan fingerprint density at radius 2 is 2.00 bits per heavy atom. The lowest BCUT2D eigenvalue weighted by molar-refractivity contribution is -0.294. The van der Waals surface area contributed by atoms with Gasteiger partial charge in [0, 0.05) is 29.1 Å². The molecule has 0 aliphatic carbocycles. The molecule has 10 nitrogen and oxygen atoms in total. The molecule has 0 spiro atoms. The summed E-state index contributed by atoms with van der Waals surface area (Å²) < 4.78 is 12.3. The van der Waals surface area contributed by atoms with Crippen molar-refractivity contribution in [1.29, 1.82) is 0 Å². The highest BCUT2D eigenvalue weighted by Gasteiger charge is 2.47. The molecule has 1 aromatic carbocycles. The van der Waals surface area contributed by atoms with E-state index in [1.54, 1.807) is 23.1 Å². The van der Waals surface area contributed by atoms with Crippen LogP contribution in [0.25, 0.3) is 0 Å². The molecule has 0 radical (unpaired) electrons.